The second-order valence-corrected chi connectivity index (χ2v) is 9.94. The third kappa shape index (κ3) is 5.83. The lowest BCUT2D eigenvalue weighted by Crippen LogP contribution is -2.58. The molecule has 2 aromatic carbocycles. The van der Waals surface area contributed by atoms with E-state index in [0.29, 0.717) is 29.3 Å². The van der Waals surface area contributed by atoms with Gasteiger partial charge >= 0.3 is 5.97 Å². The van der Waals surface area contributed by atoms with Crippen LogP contribution in [-0.2, 0) is 16.0 Å². The van der Waals surface area contributed by atoms with Gasteiger partial charge in [-0.3, -0.25) is 9.59 Å². The maximum atomic E-state index is 13.0. The molecule has 1 aliphatic rings. The van der Waals surface area contributed by atoms with Crippen molar-refractivity contribution in [3.63, 3.8) is 0 Å². The molecule has 0 aromatic heterocycles. The SMILES string of the molecule is C[C@H](O)[C@@H](CCc1ccc(Cl)cc1)[C@H]1NC(=O)[C@@](C)(CC(=O)O)C[C@@H]1c1cccc(Cl)c1. The number of nitrogens with one attached hydrogen (secondary N) is 1. The molecule has 3 N–H and O–H groups in total. The van der Waals surface area contributed by atoms with Crippen LogP contribution >= 0.6 is 23.2 Å². The summed E-state index contributed by atoms with van der Waals surface area (Å²) in [6, 6.07) is 14.7. The second-order valence-electron chi connectivity index (χ2n) is 9.07. The van der Waals surface area contributed by atoms with E-state index in [1.165, 1.54) is 0 Å². The minimum absolute atomic E-state index is 0.180. The Labute approximate surface area is 198 Å². The summed E-state index contributed by atoms with van der Waals surface area (Å²) in [5.74, 6) is -1.71. The molecule has 32 heavy (non-hydrogen) atoms. The van der Waals surface area contributed by atoms with Gasteiger partial charge in [0.1, 0.15) is 0 Å². The molecular weight excluding hydrogens is 449 g/mol. The van der Waals surface area contributed by atoms with Crippen LogP contribution < -0.4 is 5.32 Å². The van der Waals surface area contributed by atoms with Gasteiger partial charge in [-0.05, 0) is 61.6 Å². The van der Waals surface area contributed by atoms with E-state index in [2.05, 4.69) is 5.32 Å². The van der Waals surface area contributed by atoms with Gasteiger partial charge in [-0.15, -0.1) is 0 Å². The van der Waals surface area contributed by atoms with E-state index >= 15 is 0 Å². The van der Waals surface area contributed by atoms with E-state index in [9.17, 15) is 19.8 Å². The van der Waals surface area contributed by atoms with E-state index in [0.717, 1.165) is 11.1 Å². The normalized spacial score (nSPS) is 25.1. The molecular formula is C25H29Cl2NO4. The first kappa shape index (κ1) is 24.6. The van der Waals surface area contributed by atoms with Crippen molar-refractivity contribution in [3.8, 4) is 0 Å². The Bertz CT molecular complexity index is 963. The van der Waals surface area contributed by atoms with Crippen LogP contribution in [0.1, 0.15) is 50.2 Å². The molecule has 1 aliphatic heterocycles. The van der Waals surface area contributed by atoms with Crippen LogP contribution in [0.3, 0.4) is 0 Å². The van der Waals surface area contributed by atoms with Gasteiger partial charge in [0.05, 0.1) is 17.9 Å². The quantitative estimate of drug-likeness (QED) is 0.494. The predicted molar refractivity (Wildman–Crippen MR) is 126 cm³/mol. The van der Waals surface area contributed by atoms with Crippen LogP contribution in [0, 0.1) is 11.3 Å². The topological polar surface area (TPSA) is 86.6 Å². The van der Waals surface area contributed by atoms with Crippen LogP contribution in [0.4, 0.5) is 0 Å². The summed E-state index contributed by atoms with van der Waals surface area (Å²) in [4.78, 5) is 24.5. The molecule has 0 bridgehead atoms. The number of piperidine rings is 1. The highest BCUT2D eigenvalue weighted by atomic mass is 35.5. The van der Waals surface area contributed by atoms with Crippen molar-refractivity contribution < 1.29 is 19.8 Å². The molecule has 0 radical (unpaired) electrons. The van der Waals surface area contributed by atoms with E-state index < -0.39 is 17.5 Å². The Morgan fingerprint density at radius 2 is 1.88 bits per heavy atom. The first-order chi connectivity index (χ1) is 15.1. The summed E-state index contributed by atoms with van der Waals surface area (Å²) in [5, 5.41) is 24.4. The number of amides is 1. The van der Waals surface area contributed by atoms with E-state index in [-0.39, 0.29) is 30.2 Å². The highest BCUT2D eigenvalue weighted by molar-refractivity contribution is 6.30. The molecule has 5 nitrogen and oxygen atoms in total. The molecule has 3 rings (SSSR count). The third-order valence-electron chi connectivity index (χ3n) is 6.53. The van der Waals surface area contributed by atoms with Crippen molar-refractivity contribution in [2.45, 2.75) is 57.6 Å². The van der Waals surface area contributed by atoms with Gasteiger partial charge in [0, 0.05) is 27.9 Å². The molecule has 0 unspecified atom stereocenters. The smallest absolute Gasteiger partial charge is 0.304 e. The van der Waals surface area contributed by atoms with Crippen molar-refractivity contribution in [1.82, 2.24) is 5.32 Å². The first-order valence-corrected chi connectivity index (χ1v) is 11.6. The van der Waals surface area contributed by atoms with Crippen molar-refractivity contribution >= 4 is 35.1 Å². The van der Waals surface area contributed by atoms with Crippen LogP contribution in [0.25, 0.3) is 0 Å². The monoisotopic (exact) mass is 477 g/mol. The van der Waals surface area contributed by atoms with Crippen LogP contribution in [0.5, 0.6) is 0 Å². The fraction of sp³-hybridized carbons (Fsp3) is 0.440. The lowest BCUT2D eigenvalue weighted by molar-refractivity contribution is -0.148. The highest BCUT2D eigenvalue weighted by Crippen LogP contribution is 2.44. The molecule has 0 aliphatic carbocycles. The standard InChI is InChI=1S/C25H29Cl2NO4/c1-15(29)20(11-8-16-6-9-18(26)10-7-16)23-21(17-4-3-5-19(27)12-17)13-25(2,14-22(30)31)24(32)28-23/h3-7,9-10,12,15,20-21,23,29H,8,11,13-14H2,1-2H3,(H,28,32)(H,30,31)/t15-,20+,21+,23+,25+/m0/s1. The molecule has 5 atom stereocenters. The van der Waals surface area contributed by atoms with Gasteiger partial charge < -0.3 is 15.5 Å². The average molecular weight is 478 g/mol. The Balaban J connectivity index is 1.92. The summed E-state index contributed by atoms with van der Waals surface area (Å²) in [6.45, 7) is 3.42. The van der Waals surface area contributed by atoms with Gasteiger partial charge in [0.25, 0.3) is 0 Å². The van der Waals surface area contributed by atoms with Crippen LogP contribution in [0.2, 0.25) is 10.0 Å². The number of carboxylic acid groups (broad SMARTS) is 1. The maximum Gasteiger partial charge on any atom is 0.304 e. The molecule has 1 fully saturated rings. The highest BCUT2D eigenvalue weighted by Gasteiger charge is 2.48. The van der Waals surface area contributed by atoms with Crippen LogP contribution in [0.15, 0.2) is 48.5 Å². The van der Waals surface area contributed by atoms with Crippen molar-refractivity contribution in [3.05, 3.63) is 69.7 Å². The molecule has 7 heteroatoms. The largest absolute Gasteiger partial charge is 0.481 e. The number of benzene rings is 2. The van der Waals surface area contributed by atoms with Gasteiger partial charge in [0.15, 0.2) is 0 Å². The average Bonchev–Trinajstić information content (AvgIpc) is 2.71. The van der Waals surface area contributed by atoms with Gasteiger partial charge in [-0.1, -0.05) is 54.4 Å². The van der Waals surface area contributed by atoms with Gasteiger partial charge in [-0.25, -0.2) is 0 Å². The molecule has 0 saturated carbocycles. The number of aliphatic carboxylic acids is 1. The number of aryl methyl sites for hydroxylation is 1. The Morgan fingerprint density at radius 3 is 2.47 bits per heavy atom. The van der Waals surface area contributed by atoms with Gasteiger partial charge in [-0.2, -0.15) is 0 Å². The number of carbonyl (C=O) groups excluding carboxylic acids is 1. The Kier molecular flexibility index (Phi) is 7.86. The fourth-order valence-electron chi connectivity index (χ4n) is 4.79. The molecule has 1 amide bonds. The minimum Gasteiger partial charge on any atom is -0.481 e. The lowest BCUT2D eigenvalue weighted by Gasteiger charge is -2.46. The summed E-state index contributed by atoms with van der Waals surface area (Å²) in [6.07, 6.45) is 0.802. The zero-order chi connectivity index (χ0) is 23.5. The van der Waals surface area contributed by atoms with Gasteiger partial charge in [0.2, 0.25) is 5.91 Å². The third-order valence-corrected chi connectivity index (χ3v) is 7.02. The lowest BCUT2D eigenvalue weighted by atomic mass is 9.66. The molecule has 2 aromatic rings. The summed E-state index contributed by atoms with van der Waals surface area (Å²) < 4.78 is 0. The zero-order valence-electron chi connectivity index (χ0n) is 18.2. The fourth-order valence-corrected chi connectivity index (χ4v) is 5.12. The molecule has 1 heterocycles. The first-order valence-electron chi connectivity index (χ1n) is 10.8. The number of hydrogen-bond acceptors (Lipinski definition) is 3. The van der Waals surface area contributed by atoms with E-state index in [1.807, 2.05) is 42.5 Å². The van der Waals surface area contributed by atoms with E-state index in [4.69, 9.17) is 23.2 Å². The number of halogens is 2. The molecule has 172 valence electrons. The molecule has 0 spiro atoms. The van der Waals surface area contributed by atoms with E-state index in [1.54, 1.807) is 19.9 Å². The van der Waals surface area contributed by atoms with Crippen molar-refractivity contribution in [2.24, 2.45) is 11.3 Å². The number of aliphatic hydroxyl groups excluding tert-OH is 1. The Hall–Kier alpha value is -2.08. The number of aliphatic hydroxyl groups is 1. The summed E-state index contributed by atoms with van der Waals surface area (Å²) in [5.41, 5.74) is 0.975. The minimum atomic E-state index is -1.05. The number of rotatable bonds is 8. The Morgan fingerprint density at radius 1 is 1.19 bits per heavy atom. The number of hydrogen-bond donors (Lipinski definition) is 3. The van der Waals surface area contributed by atoms with Crippen molar-refractivity contribution in [2.75, 3.05) is 0 Å². The summed E-state index contributed by atoms with van der Waals surface area (Å²) in [7, 11) is 0. The second kappa shape index (κ2) is 10.2. The number of carboxylic acids is 1. The van der Waals surface area contributed by atoms with Crippen molar-refractivity contribution in [1.29, 1.82) is 0 Å². The predicted octanol–water partition coefficient (Wildman–Crippen LogP) is 5.08. The molecule has 1 saturated heterocycles. The van der Waals surface area contributed by atoms with Crippen LogP contribution in [-0.4, -0.2) is 34.2 Å². The number of carbonyl (C=O) groups is 2. The maximum absolute atomic E-state index is 13.0. The zero-order valence-corrected chi connectivity index (χ0v) is 19.7. The summed E-state index contributed by atoms with van der Waals surface area (Å²) >= 11 is 12.2.